The lowest BCUT2D eigenvalue weighted by molar-refractivity contribution is 1.28. The van der Waals surface area contributed by atoms with Crippen molar-refractivity contribution in [3.8, 4) is 6.07 Å². The van der Waals surface area contributed by atoms with E-state index in [1.165, 1.54) is 0 Å². The number of thiazole rings is 1. The van der Waals surface area contributed by atoms with Crippen molar-refractivity contribution in [3.05, 3.63) is 65.2 Å². The number of benzene rings is 2. The molecule has 0 unspecified atom stereocenters. The number of aliphatic imine (C=N–C) groups is 1. The average Bonchev–Trinajstić information content (AvgIpc) is 3.16. The van der Waals surface area contributed by atoms with Gasteiger partial charge in [-0.25, -0.2) is 9.98 Å². The maximum atomic E-state index is 9.19. The van der Waals surface area contributed by atoms with E-state index in [2.05, 4.69) is 21.4 Å². The Balaban J connectivity index is 1.85. The molecule has 0 saturated heterocycles. The molecule has 110 valence electrons. The van der Waals surface area contributed by atoms with Crippen molar-refractivity contribution < 1.29 is 0 Å². The summed E-state index contributed by atoms with van der Waals surface area (Å²) in [6, 6.07) is 18.1. The van der Waals surface area contributed by atoms with Crippen molar-refractivity contribution in [2.75, 3.05) is 0 Å². The highest BCUT2D eigenvalue weighted by atomic mass is 32.1. The van der Waals surface area contributed by atoms with Gasteiger partial charge in [0.05, 0.1) is 27.6 Å². The van der Waals surface area contributed by atoms with Crippen LogP contribution in [0.15, 0.2) is 59.1 Å². The Morgan fingerprint density at radius 3 is 2.65 bits per heavy atom. The van der Waals surface area contributed by atoms with Gasteiger partial charge in [-0.1, -0.05) is 47.7 Å². The van der Waals surface area contributed by atoms with E-state index >= 15 is 0 Å². The standard InChI is InChI=1S/C18H12N4S/c1-11(10-19)16-12-6-2-3-7-13(12)17(21-16)22-18-20-14-8-4-5-9-15(14)23-18/h2-9H,1H3,(H,20,21,22)/b16-11+. The lowest BCUT2D eigenvalue weighted by Crippen LogP contribution is -2.14. The molecule has 1 N–H and O–H groups in total. The molecule has 0 aliphatic carbocycles. The number of rotatable bonds is 1. The van der Waals surface area contributed by atoms with Crippen LogP contribution in [0.5, 0.6) is 0 Å². The van der Waals surface area contributed by atoms with Crippen molar-refractivity contribution in [1.82, 2.24) is 10.3 Å². The molecule has 4 rings (SSSR count). The predicted molar refractivity (Wildman–Crippen MR) is 93.6 cm³/mol. The second-order valence-corrected chi connectivity index (χ2v) is 6.22. The summed E-state index contributed by atoms with van der Waals surface area (Å²) >= 11 is 1.55. The fourth-order valence-corrected chi connectivity index (χ4v) is 3.45. The van der Waals surface area contributed by atoms with Crippen molar-refractivity contribution >= 4 is 38.2 Å². The predicted octanol–water partition coefficient (Wildman–Crippen LogP) is 4.23. The molecule has 23 heavy (non-hydrogen) atoms. The summed E-state index contributed by atoms with van der Waals surface area (Å²) in [4.78, 5) is 9.22. The molecule has 5 heteroatoms. The van der Waals surface area contributed by atoms with Gasteiger partial charge in [-0.2, -0.15) is 5.26 Å². The topological polar surface area (TPSA) is 61.1 Å². The summed E-state index contributed by atoms with van der Waals surface area (Å²) in [5.41, 5.74) is 4.42. The summed E-state index contributed by atoms with van der Waals surface area (Å²) in [5.74, 6) is 0.740. The smallest absolute Gasteiger partial charge is 0.212 e. The zero-order valence-electron chi connectivity index (χ0n) is 12.4. The molecule has 2 heterocycles. The number of hydrogen-bond acceptors (Lipinski definition) is 4. The minimum absolute atomic E-state index is 0.645. The molecule has 0 bridgehead atoms. The molecule has 0 amide bonds. The van der Waals surface area contributed by atoms with Crippen LogP contribution in [-0.4, -0.2) is 10.8 Å². The monoisotopic (exact) mass is 316 g/mol. The van der Waals surface area contributed by atoms with Gasteiger partial charge in [-0.05, 0) is 19.1 Å². The molecule has 0 spiro atoms. The molecular formula is C18H12N4S. The van der Waals surface area contributed by atoms with E-state index in [0.29, 0.717) is 10.7 Å². The molecule has 3 aromatic rings. The van der Waals surface area contributed by atoms with Crippen LogP contribution in [0.4, 0.5) is 5.13 Å². The molecule has 1 aromatic heterocycles. The molecule has 0 atom stereocenters. The lowest BCUT2D eigenvalue weighted by atomic mass is 10.1. The van der Waals surface area contributed by atoms with E-state index in [1.54, 1.807) is 18.3 Å². The summed E-state index contributed by atoms with van der Waals surface area (Å²) < 4.78 is 1.11. The molecule has 1 aliphatic rings. The molecule has 0 radical (unpaired) electrons. The number of hydrogen-bond donors (Lipinski definition) is 1. The van der Waals surface area contributed by atoms with Gasteiger partial charge in [0.15, 0.2) is 0 Å². The van der Waals surface area contributed by atoms with Gasteiger partial charge < -0.3 is 5.32 Å². The highest BCUT2D eigenvalue weighted by Gasteiger charge is 2.23. The number of nitrogens with zero attached hydrogens (tertiary/aromatic N) is 3. The number of nitrogens with one attached hydrogen (secondary N) is 1. The third kappa shape index (κ3) is 2.30. The highest BCUT2D eigenvalue weighted by molar-refractivity contribution is 7.22. The third-order valence-corrected chi connectivity index (χ3v) is 4.66. The van der Waals surface area contributed by atoms with Crippen LogP contribution < -0.4 is 5.32 Å². The van der Waals surface area contributed by atoms with Gasteiger partial charge in [0.2, 0.25) is 5.13 Å². The Morgan fingerprint density at radius 1 is 1.13 bits per heavy atom. The van der Waals surface area contributed by atoms with Gasteiger partial charge >= 0.3 is 0 Å². The van der Waals surface area contributed by atoms with Crippen LogP contribution in [0.2, 0.25) is 0 Å². The minimum Gasteiger partial charge on any atom is -0.338 e. The first-order chi connectivity index (χ1) is 11.3. The zero-order valence-corrected chi connectivity index (χ0v) is 13.2. The van der Waals surface area contributed by atoms with E-state index in [9.17, 15) is 5.26 Å². The Bertz CT molecular complexity index is 988. The van der Waals surface area contributed by atoms with Crippen LogP contribution in [0, 0.1) is 11.3 Å². The lowest BCUT2D eigenvalue weighted by Gasteiger charge is -2.00. The van der Waals surface area contributed by atoms with Crippen LogP contribution in [-0.2, 0) is 0 Å². The van der Waals surface area contributed by atoms with E-state index in [4.69, 9.17) is 0 Å². The number of amidine groups is 1. The molecule has 1 aliphatic heterocycles. The maximum Gasteiger partial charge on any atom is 0.212 e. The van der Waals surface area contributed by atoms with Crippen molar-refractivity contribution in [1.29, 1.82) is 5.26 Å². The first-order valence-electron chi connectivity index (χ1n) is 7.18. The van der Waals surface area contributed by atoms with Crippen LogP contribution >= 0.6 is 11.3 Å². The van der Waals surface area contributed by atoms with Gasteiger partial charge in [-0.15, -0.1) is 0 Å². The van der Waals surface area contributed by atoms with Crippen LogP contribution in [0.3, 0.4) is 0 Å². The Labute approximate surface area is 137 Å². The fraction of sp³-hybridized carbons (Fsp3) is 0.0556. The number of fused-ring (bicyclic) bond motifs is 2. The third-order valence-electron chi connectivity index (χ3n) is 3.73. The largest absolute Gasteiger partial charge is 0.338 e. The van der Waals surface area contributed by atoms with Gasteiger partial charge in [0.1, 0.15) is 5.84 Å². The van der Waals surface area contributed by atoms with Crippen molar-refractivity contribution in [2.45, 2.75) is 6.92 Å². The number of aromatic nitrogens is 1. The molecule has 2 aromatic carbocycles. The quantitative estimate of drug-likeness (QED) is 0.683. The normalized spacial score (nSPS) is 17.0. The Morgan fingerprint density at radius 2 is 1.87 bits per heavy atom. The van der Waals surface area contributed by atoms with E-state index in [-0.39, 0.29) is 0 Å². The zero-order chi connectivity index (χ0) is 15.8. The summed E-state index contributed by atoms with van der Waals surface area (Å²) in [5, 5.41) is 13.2. The Hall–Kier alpha value is -2.97. The number of para-hydroxylation sites is 1. The number of allylic oxidation sites excluding steroid dienone is 1. The average molecular weight is 316 g/mol. The van der Waals surface area contributed by atoms with Crippen molar-refractivity contribution in [2.24, 2.45) is 4.99 Å². The molecule has 4 nitrogen and oxygen atoms in total. The van der Waals surface area contributed by atoms with Gasteiger partial charge in [0, 0.05) is 11.1 Å². The minimum atomic E-state index is 0.645. The summed E-state index contributed by atoms with van der Waals surface area (Å²) in [6.07, 6.45) is 0. The first kappa shape index (κ1) is 13.7. The highest BCUT2D eigenvalue weighted by Crippen LogP contribution is 2.31. The Kier molecular flexibility index (Phi) is 3.18. The first-order valence-corrected chi connectivity index (χ1v) is 8.00. The summed E-state index contributed by atoms with van der Waals surface area (Å²) in [7, 11) is 0. The fourth-order valence-electron chi connectivity index (χ4n) is 2.60. The van der Waals surface area contributed by atoms with Crippen LogP contribution in [0.1, 0.15) is 18.1 Å². The molecule has 0 saturated carbocycles. The molecule has 0 fully saturated rings. The van der Waals surface area contributed by atoms with E-state index in [0.717, 1.165) is 32.9 Å². The second kappa shape index (κ2) is 5.34. The van der Waals surface area contributed by atoms with Gasteiger partial charge in [0.25, 0.3) is 0 Å². The molecular weight excluding hydrogens is 304 g/mol. The maximum absolute atomic E-state index is 9.19. The summed E-state index contributed by atoms with van der Waals surface area (Å²) in [6.45, 7) is 1.81. The number of nitriles is 1. The van der Waals surface area contributed by atoms with E-state index < -0.39 is 0 Å². The second-order valence-electron chi connectivity index (χ2n) is 5.21. The van der Waals surface area contributed by atoms with Gasteiger partial charge in [-0.3, -0.25) is 0 Å². The van der Waals surface area contributed by atoms with E-state index in [1.807, 2.05) is 48.5 Å². The van der Waals surface area contributed by atoms with Crippen molar-refractivity contribution in [3.63, 3.8) is 0 Å². The van der Waals surface area contributed by atoms with Crippen LogP contribution in [0.25, 0.3) is 15.9 Å². The SMILES string of the molecule is C/C(C#N)=C1\NC(=Nc2nc3ccccc3s2)c2ccccc21.